The van der Waals surface area contributed by atoms with Crippen LogP contribution in [0.1, 0.15) is 57.5 Å². The van der Waals surface area contributed by atoms with E-state index in [-0.39, 0.29) is 11.4 Å². The van der Waals surface area contributed by atoms with Crippen molar-refractivity contribution in [1.82, 2.24) is 4.98 Å². The van der Waals surface area contributed by atoms with Crippen molar-refractivity contribution >= 4 is 16.9 Å². The van der Waals surface area contributed by atoms with Crippen molar-refractivity contribution in [2.45, 2.75) is 52.6 Å². The van der Waals surface area contributed by atoms with Gasteiger partial charge in [-0.15, -0.1) is 0 Å². The second kappa shape index (κ2) is 4.65. The molecule has 1 aromatic heterocycles. The predicted molar refractivity (Wildman–Crippen MR) is 82.2 cm³/mol. The minimum Gasteiger partial charge on any atom is -0.456 e. The Hall–Kier alpha value is -1.77. The van der Waals surface area contributed by atoms with E-state index in [0.717, 1.165) is 10.9 Å². The molecule has 3 heteroatoms. The molecule has 0 bridgehead atoms. The molecule has 0 amide bonds. The fraction of sp³-hybridized carbons (Fsp3) is 0.471. The maximum atomic E-state index is 12.2. The Kier molecular flexibility index (Phi) is 3.41. The highest BCUT2D eigenvalue weighted by atomic mass is 16.6. The second-order valence-electron chi connectivity index (χ2n) is 7.21. The standard InChI is InChI=1S/C17H23NO2/c1-16(2,3)11-7-8-12-13(10-18-14(12)9-11)15(19)20-17(4,5)6/h7-10,18H,1-6H3. The van der Waals surface area contributed by atoms with Crippen LogP contribution < -0.4 is 0 Å². The summed E-state index contributed by atoms with van der Waals surface area (Å²) in [7, 11) is 0. The number of benzene rings is 1. The zero-order chi connectivity index (χ0) is 15.1. The Morgan fingerprint density at radius 1 is 1.10 bits per heavy atom. The molecule has 3 nitrogen and oxygen atoms in total. The van der Waals surface area contributed by atoms with Gasteiger partial charge < -0.3 is 9.72 Å². The van der Waals surface area contributed by atoms with Crippen molar-refractivity contribution in [3.8, 4) is 0 Å². The minimum absolute atomic E-state index is 0.0887. The number of aromatic nitrogens is 1. The van der Waals surface area contributed by atoms with Crippen molar-refractivity contribution in [3.05, 3.63) is 35.5 Å². The molecule has 0 saturated carbocycles. The van der Waals surface area contributed by atoms with Gasteiger partial charge in [0.1, 0.15) is 5.60 Å². The van der Waals surface area contributed by atoms with Gasteiger partial charge in [0.15, 0.2) is 0 Å². The van der Waals surface area contributed by atoms with E-state index >= 15 is 0 Å². The maximum Gasteiger partial charge on any atom is 0.340 e. The Bertz CT molecular complexity index is 639. The molecule has 108 valence electrons. The van der Waals surface area contributed by atoms with Gasteiger partial charge in [-0.25, -0.2) is 4.79 Å². The lowest BCUT2D eigenvalue weighted by atomic mass is 9.86. The SMILES string of the molecule is CC(C)(C)OC(=O)c1c[nH]c2cc(C(C)(C)C)ccc12. The van der Waals surface area contributed by atoms with Gasteiger partial charge in [0.25, 0.3) is 0 Å². The van der Waals surface area contributed by atoms with E-state index in [0.29, 0.717) is 5.56 Å². The lowest BCUT2D eigenvalue weighted by molar-refractivity contribution is 0.00719. The molecule has 0 aliphatic rings. The molecule has 0 unspecified atom stereocenters. The minimum atomic E-state index is -0.480. The van der Waals surface area contributed by atoms with E-state index < -0.39 is 5.60 Å². The van der Waals surface area contributed by atoms with E-state index in [2.05, 4.69) is 37.9 Å². The summed E-state index contributed by atoms with van der Waals surface area (Å²) in [5.41, 5.74) is 2.41. The first-order valence-corrected chi connectivity index (χ1v) is 6.93. The average Bonchev–Trinajstić information content (AvgIpc) is 2.67. The molecule has 0 aliphatic heterocycles. The Morgan fingerprint density at radius 3 is 2.30 bits per heavy atom. The van der Waals surface area contributed by atoms with Crippen LogP contribution in [0, 0.1) is 0 Å². The van der Waals surface area contributed by atoms with Gasteiger partial charge in [0.05, 0.1) is 5.56 Å². The molecule has 2 aromatic rings. The number of H-pyrrole nitrogens is 1. The molecule has 1 aromatic carbocycles. The van der Waals surface area contributed by atoms with Crippen molar-refractivity contribution in [1.29, 1.82) is 0 Å². The molecule has 20 heavy (non-hydrogen) atoms. The topological polar surface area (TPSA) is 42.1 Å². The Balaban J connectivity index is 2.41. The molecule has 0 fully saturated rings. The van der Waals surface area contributed by atoms with Crippen molar-refractivity contribution in [3.63, 3.8) is 0 Å². The molecule has 0 saturated heterocycles. The number of carbonyl (C=O) groups is 1. The number of rotatable bonds is 1. The third-order valence-corrected chi connectivity index (χ3v) is 3.17. The van der Waals surface area contributed by atoms with Crippen LogP contribution in [0.3, 0.4) is 0 Å². The van der Waals surface area contributed by atoms with E-state index in [4.69, 9.17) is 4.74 Å². The number of fused-ring (bicyclic) bond motifs is 1. The summed E-state index contributed by atoms with van der Waals surface area (Å²) in [4.78, 5) is 15.3. The van der Waals surface area contributed by atoms with Crippen LogP contribution in [0.2, 0.25) is 0 Å². The maximum absolute atomic E-state index is 12.2. The molecular formula is C17H23NO2. The van der Waals surface area contributed by atoms with E-state index in [1.807, 2.05) is 26.8 Å². The third-order valence-electron chi connectivity index (χ3n) is 3.17. The molecule has 0 spiro atoms. The van der Waals surface area contributed by atoms with E-state index in [1.165, 1.54) is 5.56 Å². The number of nitrogens with one attached hydrogen (secondary N) is 1. The number of hydrogen-bond donors (Lipinski definition) is 1. The number of aromatic amines is 1. The molecular weight excluding hydrogens is 250 g/mol. The summed E-state index contributed by atoms with van der Waals surface area (Å²) in [6.07, 6.45) is 1.73. The highest BCUT2D eigenvalue weighted by molar-refractivity contribution is 6.04. The first-order valence-electron chi connectivity index (χ1n) is 6.93. The van der Waals surface area contributed by atoms with Gasteiger partial charge in [-0.05, 0) is 37.8 Å². The molecule has 1 N–H and O–H groups in total. The van der Waals surface area contributed by atoms with Crippen LogP contribution in [0.15, 0.2) is 24.4 Å². The number of esters is 1. The Labute approximate surface area is 120 Å². The van der Waals surface area contributed by atoms with Crippen molar-refractivity contribution < 1.29 is 9.53 Å². The average molecular weight is 273 g/mol. The first-order chi connectivity index (χ1) is 9.08. The predicted octanol–water partition coefficient (Wildman–Crippen LogP) is 4.42. The van der Waals surface area contributed by atoms with Crippen molar-refractivity contribution in [2.75, 3.05) is 0 Å². The lowest BCUT2D eigenvalue weighted by Crippen LogP contribution is -2.23. The van der Waals surface area contributed by atoms with Gasteiger partial charge in [-0.2, -0.15) is 0 Å². The van der Waals surface area contributed by atoms with Gasteiger partial charge >= 0.3 is 5.97 Å². The molecule has 0 radical (unpaired) electrons. The highest BCUT2D eigenvalue weighted by Crippen LogP contribution is 2.28. The lowest BCUT2D eigenvalue weighted by Gasteiger charge is -2.20. The van der Waals surface area contributed by atoms with Gasteiger partial charge in [-0.1, -0.05) is 32.9 Å². The number of ether oxygens (including phenoxy) is 1. The van der Waals surface area contributed by atoms with Crippen molar-refractivity contribution in [2.24, 2.45) is 0 Å². The smallest absolute Gasteiger partial charge is 0.340 e. The van der Waals surface area contributed by atoms with Gasteiger partial charge in [0.2, 0.25) is 0 Å². The summed E-state index contributed by atoms with van der Waals surface area (Å²) in [6.45, 7) is 12.1. The van der Waals surface area contributed by atoms with Gasteiger partial charge in [-0.3, -0.25) is 0 Å². The zero-order valence-electron chi connectivity index (χ0n) is 13.1. The third kappa shape index (κ3) is 3.03. The van der Waals surface area contributed by atoms with Crippen LogP contribution in [0.25, 0.3) is 10.9 Å². The molecule has 2 rings (SSSR count). The summed E-state index contributed by atoms with van der Waals surface area (Å²) < 4.78 is 5.43. The van der Waals surface area contributed by atoms with Crippen LogP contribution in [0.5, 0.6) is 0 Å². The van der Waals surface area contributed by atoms with Gasteiger partial charge in [0, 0.05) is 17.1 Å². The fourth-order valence-corrected chi connectivity index (χ4v) is 2.09. The summed E-state index contributed by atoms with van der Waals surface area (Å²) >= 11 is 0. The largest absolute Gasteiger partial charge is 0.456 e. The quantitative estimate of drug-likeness (QED) is 0.781. The Morgan fingerprint density at radius 2 is 1.75 bits per heavy atom. The normalized spacial score (nSPS) is 12.7. The van der Waals surface area contributed by atoms with Crippen LogP contribution in [0.4, 0.5) is 0 Å². The number of carbonyl (C=O) groups excluding carboxylic acids is 1. The van der Waals surface area contributed by atoms with E-state index in [1.54, 1.807) is 6.20 Å². The number of hydrogen-bond acceptors (Lipinski definition) is 2. The van der Waals surface area contributed by atoms with Crippen LogP contribution in [-0.4, -0.2) is 16.6 Å². The first kappa shape index (κ1) is 14.6. The highest BCUT2D eigenvalue weighted by Gasteiger charge is 2.21. The van der Waals surface area contributed by atoms with Crippen LogP contribution in [-0.2, 0) is 10.2 Å². The fourth-order valence-electron chi connectivity index (χ4n) is 2.09. The molecule has 0 aliphatic carbocycles. The zero-order valence-corrected chi connectivity index (χ0v) is 13.1. The summed E-state index contributed by atoms with van der Waals surface area (Å²) in [6, 6.07) is 6.17. The summed E-state index contributed by atoms with van der Waals surface area (Å²) in [5.74, 6) is -0.285. The summed E-state index contributed by atoms with van der Waals surface area (Å²) in [5, 5.41) is 0.909. The monoisotopic (exact) mass is 273 g/mol. The van der Waals surface area contributed by atoms with Crippen LogP contribution >= 0.6 is 0 Å². The molecule has 0 atom stereocenters. The van der Waals surface area contributed by atoms with E-state index in [9.17, 15) is 4.79 Å². The second-order valence-corrected chi connectivity index (χ2v) is 7.21. The molecule has 1 heterocycles.